The van der Waals surface area contributed by atoms with Crippen LogP contribution >= 0.6 is 12.4 Å². The number of rotatable bonds is 5. The van der Waals surface area contributed by atoms with Gasteiger partial charge >= 0.3 is 6.18 Å². The molecule has 1 amide bonds. The SMILES string of the molecule is Cl.O=C(Cc1ccc2c(c1)CCC2)NCC(N1CCNCC1)C(F)(F)F. The second-order valence-electron chi connectivity index (χ2n) is 6.78. The van der Waals surface area contributed by atoms with Gasteiger partial charge in [0.05, 0.1) is 6.42 Å². The molecule has 1 aliphatic heterocycles. The third-order valence-electron chi connectivity index (χ3n) is 4.99. The van der Waals surface area contributed by atoms with Gasteiger partial charge in [-0.05, 0) is 36.0 Å². The maximum absolute atomic E-state index is 13.3. The molecule has 1 aliphatic carbocycles. The largest absolute Gasteiger partial charge is 0.405 e. The van der Waals surface area contributed by atoms with Crippen LogP contribution in [0.15, 0.2) is 18.2 Å². The molecule has 8 heteroatoms. The minimum atomic E-state index is -4.35. The summed E-state index contributed by atoms with van der Waals surface area (Å²) in [6, 6.07) is 4.32. The molecule has 1 aromatic carbocycles. The molecule has 26 heavy (non-hydrogen) atoms. The van der Waals surface area contributed by atoms with Crippen molar-refractivity contribution in [2.45, 2.75) is 37.9 Å². The Morgan fingerprint density at radius 1 is 1.19 bits per heavy atom. The molecule has 1 heterocycles. The summed E-state index contributed by atoms with van der Waals surface area (Å²) in [5, 5.41) is 5.52. The van der Waals surface area contributed by atoms with Crippen molar-refractivity contribution in [2.75, 3.05) is 32.7 Å². The Morgan fingerprint density at radius 3 is 2.58 bits per heavy atom. The molecular formula is C18H25ClF3N3O. The van der Waals surface area contributed by atoms with Gasteiger partial charge in [0.2, 0.25) is 5.91 Å². The molecule has 0 radical (unpaired) electrons. The average Bonchev–Trinajstić information content (AvgIpc) is 3.02. The zero-order valence-electron chi connectivity index (χ0n) is 14.6. The van der Waals surface area contributed by atoms with Crippen LogP contribution in [0.25, 0.3) is 0 Å². The number of nitrogens with one attached hydrogen (secondary N) is 2. The van der Waals surface area contributed by atoms with Crippen molar-refractivity contribution < 1.29 is 18.0 Å². The molecule has 2 aliphatic rings. The van der Waals surface area contributed by atoms with Gasteiger partial charge in [-0.15, -0.1) is 12.4 Å². The fourth-order valence-electron chi connectivity index (χ4n) is 3.64. The first kappa shape index (κ1) is 21.0. The van der Waals surface area contributed by atoms with E-state index in [9.17, 15) is 18.0 Å². The molecule has 2 N–H and O–H groups in total. The number of alkyl halides is 3. The number of amides is 1. The number of hydrogen-bond donors (Lipinski definition) is 2. The standard InChI is InChI=1S/C18H24F3N3O.ClH/c19-18(20,21)16(24-8-6-22-7-9-24)12-23-17(25)11-13-4-5-14-2-1-3-15(14)10-13;/h4-5,10,16,22H,1-3,6-9,11-12H2,(H,23,25);1H. The van der Waals surface area contributed by atoms with Crippen molar-refractivity contribution in [1.82, 2.24) is 15.5 Å². The fraction of sp³-hybridized carbons (Fsp3) is 0.611. The van der Waals surface area contributed by atoms with Crippen LogP contribution in [0.5, 0.6) is 0 Å². The Labute approximate surface area is 157 Å². The summed E-state index contributed by atoms with van der Waals surface area (Å²) in [6.45, 7) is 1.36. The van der Waals surface area contributed by atoms with Crippen molar-refractivity contribution in [3.05, 3.63) is 34.9 Å². The smallest absolute Gasteiger partial charge is 0.354 e. The lowest BCUT2D eigenvalue weighted by Gasteiger charge is -2.35. The van der Waals surface area contributed by atoms with Gasteiger partial charge in [-0.1, -0.05) is 18.2 Å². The zero-order chi connectivity index (χ0) is 17.9. The van der Waals surface area contributed by atoms with Crippen LogP contribution in [0.1, 0.15) is 23.1 Å². The maximum atomic E-state index is 13.3. The van der Waals surface area contributed by atoms with E-state index in [0.717, 1.165) is 24.8 Å². The monoisotopic (exact) mass is 391 g/mol. The second-order valence-corrected chi connectivity index (χ2v) is 6.78. The van der Waals surface area contributed by atoms with E-state index in [-0.39, 0.29) is 24.7 Å². The molecule has 1 unspecified atom stereocenters. The number of carbonyl (C=O) groups is 1. The lowest BCUT2D eigenvalue weighted by Crippen LogP contribution is -2.57. The molecule has 0 bridgehead atoms. The fourth-order valence-corrected chi connectivity index (χ4v) is 3.64. The van der Waals surface area contributed by atoms with Crippen LogP contribution in [0.3, 0.4) is 0 Å². The summed E-state index contributed by atoms with van der Waals surface area (Å²) < 4.78 is 40.0. The first-order valence-corrected chi connectivity index (χ1v) is 8.82. The summed E-state index contributed by atoms with van der Waals surface area (Å²) in [6.07, 6.45) is -1.01. The molecule has 0 spiro atoms. The van der Waals surface area contributed by atoms with Crippen molar-refractivity contribution in [3.63, 3.8) is 0 Å². The lowest BCUT2D eigenvalue weighted by atomic mass is 10.0. The molecule has 0 saturated carbocycles. The Hall–Kier alpha value is -1.31. The highest BCUT2D eigenvalue weighted by Crippen LogP contribution is 2.25. The third kappa shape index (κ3) is 5.34. The minimum absolute atomic E-state index is 0. The van der Waals surface area contributed by atoms with Crippen molar-refractivity contribution in [3.8, 4) is 0 Å². The first-order chi connectivity index (χ1) is 11.9. The van der Waals surface area contributed by atoms with E-state index >= 15 is 0 Å². The van der Waals surface area contributed by atoms with Gasteiger partial charge in [-0.25, -0.2) is 0 Å². The topological polar surface area (TPSA) is 44.4 Å². The highest BCUT2D eigenvalue weighted by molar-refractivity contribution is 5.85. The van der Waals surface area contributed by atoms with E-state index in [1.54, 1.807) is 0 Å². The van der Waals surface area contributed by atoms with Crippen LogP contribution in [0.4, 0.5) is 13.2 Å². The second kappa shape index (κ2) is 9.06. The van der Waals surface area contributed by atoms with E-state index in [0.29, 0.717) is 26.2 Å². The number of benzene rings is 1. The van der Waals surface area contributed by atoms with Gasteiger partial charge in [-0.2, -0.15) is 13.2 Å². The molecule has 146 valence electrons. The molecule has 1 saturated heterocycles. The van der Waals surface area contributed by atoms with Crippen molar-refractivity contribution in [1.29, 1.82) is 0 Å². The number of fused-ring (bicyclic) bond motifs is 1. The summed E-state index contributed by atoms with van der Waals surface area (Å²) >= 11 is 0. The Bertz CT molecular complexity index is 618. The van der Waals surface area contributed by atoms with Gasteiger partial charge in [-0.3, -0.25) is 9.69 Å². The van der Waals surface area contributed by atoms with Crippen molar-refractivity contribution >= 4 is 18.3 Å². The van der Waals surface area contributed by atoms with Crippen LogP contribution in [0.2, 0.25) is 0 Å². The molecule has 3 rings (SSSR count). The van der Waals surface area contributed by atoms with E-state index < -0.39 is 18.8 Å². The number of piperazine rings is 1. The molecular weight excluding hydrogens is 367 g/mol. The number of carbonyl (C=O) groups excluding carboxylic acids is 1. The summed E-state index contributed by atoms with van der Waals surface area (Å²) in [5.74, 6) is -0.359. The predicted molar refractivity (Wildman–Crippen MR) is 96.7 cm³/mol. The number of hydrogen-bond acceptors (Lipinski definition) is 3. The van der Waals surface area contributed by atoms with Crippen LogP contribution in [0, 0.1) is 0 Å². The van der Waals surface area contributed by atoms with Crippen LogP contribution in [-0.2, 0) is 24.1 Å². The van der Waals surface area contributed by atoms with Gasteiger partial charge in [0.15, 0.2) is 0 Å². The zero-order valence-corrected chi connectivity index (χ0v) is 15.4. The Kier molecular flexibility index (Phi) is 7.32. The molecule has 1 fully saturated rings. The first-order valence-electron chi connectivity index (χ1n) is 8.82. The summed E-state index contributed by atoms with van der Waals surface area (Å²) in [4.78, 5) is 13.5. The highest BCUT2D eigenvalue weighted by atomic mass is 35.5. The van der Waals surface area contributed by atoms with Crippen LogP contribution in [-0.4, -0.2) is 55.7 Å². The number of halogens is 4. The van der Waals surface area contributed by atoms with Crippen molar-refractivity contribution in [2.24, 2.45) is 0 Å². The Balaban J connectivity index is 0.00000243. The third-order valence-corrected chi connectivity index (χ3v) is 4.99. The highest BCUT2D eigenvalue weighted by Gasteiger charge is 2.43. The molecule has 1 atom stereocenters. The normalized spacial score (nSPS) is 18.7. The van der Waals surface area contributed by atoms with E-state index in [1.165, 1.54) is 16.0 Å². The quantitative estimate of drug-likeness (QED) is 0.808. The predicted octanol–water partition coefficient (Wildman–Crippen LogP) is 2.09. The maximum Gasteiger partial charge on any atom is 0.405 e. The Morgan fingerprint density at radius 2 is 1.88 bits per heavy atom. The van der Waals surface area contributed by atoms with E-state index in [4.69, 9.17) is 0 Å². The summed E-state index contributed by atoms with van der Waals surface area (Å²) in [7, 11) is 0. The van der Waals surface area contributed by atoms with Gasteiger partial charge in [0, 0.05) is 32.7 Å². The molecule has 4 nitrogen and oxygen atoms in total. The lowest BCUT2D eigenvalue weighted by molar-refractivity contribution is -0.184. The minimum Gasteiger partial charge on any atom is -0.354 e. The number of nitrogens with zero attached hydrogens (tertiary/aromatic N) is 1. The van der Waals surface area contributed by atoms with Gasteiger partial charge in [0.25, 0.3) is 0 Å². The molecule has 1 aromatic rings. The number of aryl methyl sites for hydroxylation is 2. The van der Waals surface area contributed by atoms with Gasteiger partial charge in [0.1, 0.15) is 6.04 Å². The summed E-state index contributed by atoms with van der Waals surface area (Å²) in [5.41, 5.74) is 3.45. The van der Waals surface area contributed by atoms with E-state index in [1.807, 2.05) is 18.2 Å². The van der Waals surface area contributed by atoms with E-state index in [2.05, 4.69) is 10.6 Å². The van der Waals surface area contributed by atoms with Gasteiger partial charge < -0.3 is 10.6 Å². The van der Waals surface area contributed by atoms with Crippen LogP contribution < -0.4 is 10.6 Å². The average molecular weight is 392 g/mol. The molecule has 0 aromatic heterocycles.